The molecule has 0 saturated heterocycles. The zero-order valence-corrected chi connectivity index (χ0v) is 12.9. The summed E-state index contributed by atoms with van der Waals surface area (Å²) in [4.78, 5) is 4.44. The molecule has 4 rings (SSSR count). The Morgan fingerprint density at radius 3 is 2.73 bits per heavy atom. The highest BCUT2D eigenvalue weighted by atomic mass is 16.3. The summed E-state index contributed by atoms with van der Waals surface area (Å²) in [5.41, 5.74) is 7.49. The predicted octanol–water partition coefficient (Wildman–Crippen LogP) is 4.09. The molecule has 0 fully saturated rings. The Morgan fingerprint density at radius 1 is 1.05 bits per heavy atom. The maximum Gasteiger partial charge on any atom is 0.212 e. The van der Waals surface area contributed by atoms with E-state index in [2.05, 4.69) is 60.9 Å². The molecule has 0 atom stereocenters. The van der Waals surface area contributed by atoms with Crippen LogP contribution in [0.25, 0.3) is 33.3 Å². The van der Waals surface area contributed by atoms with Crippen molar-refractivity contribution in [3.8, 4) is 11.3 Å². The molecule has 0 saturated carbocycles. The number of aromatic nitrogens is 2. The minimum atomic E-state index is 0.835. The van der Waals surface area contributed by atoms with Crippen LogP contribution in [0.2, 0.25) is 0 Å². The number of nitrogens with zero attached hydrogens (tertiary/aromatic N) is 2. The van der Waals surface area contributed by atoms with Gasteiger partial charge in [0.25, 0.3) is 0 Å². The lowest BCUT2D eigenvalue weighted by atomic mass is 10.0. The van der Waals surface area contributed by atoms with Gasteiger partial charge in [0.15, 0.2) is 11.8 Å². The van der Waals surface area contributed by atoms with Gasteiger partial charge in [-0.1, -0.05) is 0 Å². The second kappa shape index (κ2) is 4.67. The van der Waals surface area contributed by atoms with Crippen LogP contribution in [-0.4, -0.2) is 4.98 Å². The Morgan fingerprint density at radius 2 is 1.91 bits per heavy atom. The molecule has 4 aromatic rings. The first-order valence-corrected chi connectivity index (χ1v) is 7.38. The molecule has 0 spiro atoms. The number of pyridine rings is 2. The third-order valence-corrected chi connectivity index (χ3v) is 4.13. The largest absolute Gasteiger partial charge is 0.454 e. The number of rotatable bonds is 1. The fourth-order valence-electron chi connectivity index (χ4n) is 3.05. The maximum atomic E-state index is 5.96. The fraction of sp³-hybridized carbons (Fsp3) is 0.158. The van der Waals surface area contributed by atoms with Crippen LogP contribution in [0.15, 0.2) is 53.2 Å². The highest BCUT2D eigenvalue weighted by Crippen LogP contribution is 2.32. The molecule has 0 N–H and O–H groups in total. The average Bonchev–Trinajstić information content (AvgIpc) is 2.85. The first kappa shape index (κ1) is 13.0. The number of fused-ring (bicyclic) bond motifs is 3. The monoisotopic (exact) mass is 289 g/mol. The highest BCUT2D eigenvalue weighted by molar-refractivity contribution is 6.03. The van der Waals surface area contributed by atoms with Crippen LogP contribution in [0.3, 0.4) is 0 Å². The Bertz CT molecular complexity index is 1010. The van der Waals surface area contributed by atoms with Crippen molar-refractivity contribution in [1.29, 1.82) is 0 Å². The van der Waals surface area contributed by atoms with Gasteiger partial charge in [-0.15, -0.1) is 0 Å². The second-order valence-corrected chi connectivity index (χ2v) is 5.82. The average molecular weight is 289 g/mol. The lowest BCUT2D eigenvalue weighted by Gasteiger charge is -2.05. The molecule has 3 heterocycles. The molecule has 0 aliphatic heterocycles. The van der Waals surface area contributed by atoms with Crippen LogP contribution < -0.4 is 4.57 Å². The van der Waals surface area contributed by atoms with Gasteiger partial charge in [0.1, 0.15) is 18.1 Å². The molecule has 3 aromatic heterocycles. The van der Waals surface area contributed by atoms with E-state index >= 15 is 0 Å². The number of furan rings is 1. The predicted molar refractivity (Wildman–Crippen MR) is 87.6 cm³/mol. The number of hydrogen-bond donors (Lipinski definition) is 0. The van der Waals surface area contributed by atoms with Gasteiger partial charge in [-0.2, -0.15) is 0 Å². The number of benzene rings is 1. The maximum absolute atomic E-state index is 5.96. The Kier molecular flexibility index (Phi) is 2.76. The summed E-state index contributed by atoms with van der Waals surface area (Å²) in [5.74, 6) is 0. The molecule has 0 bridgehead atoms. The van der Waals surface area contributed by atoms with Gasteiger partial charge in [-0.3, -0.25) is 4.98 Å². The third kappa shape index (κ3) is 1.90. The summed E-state index contributed by atoms with van der Waals surface area (Å²) >= 11 is 0. The molecule has 0 radical (unpaired) electrons. The standard InChI is InChI=1S/C19H17N2O/c1-12-6-7-16(21(3)11-12)14-10-18-15(9-13(14)2)19-17(22-18)5-4-8-20-19/h4-11H,1-3H3/q+1. The van der Waals surface area contributed by atoms with Crippen molar-refractivity contribution in [2.75, 3.05) is 0 Å². The van der Waals surface area contributed by atoms with Crippen LogP contribution in [0, 0.1) is 13.8 Å². The zero-order valence-electron chi connectivity index (χ0n) is 12.9. The highest BCUT2D eigenvalue weighted by Gasteiger charge is 2.16. The van der Waals surface area contributed by atoms with Gasteiger partial charge in [0.05, 0.1) is 5.56 Å². The molecule has 0 aliphatic carbocycles. The number of hydrogen-bond acceptors (Lipinski definition) is 2. The van der Waals surface area contributed by atoms with Gasteiger partial charge in [-0.25, -0.2) is 4.57 Å². The zero-order chi connectivity index (χ0) is 15.3. The Balaban J connectivity index is 2.02. The summed E-state index contributed by atoms with van der Waals surface area (Å²) in [6.45, 7) is 4.24. The SMILES string of the molecule is Cc1ccc(-c2cc3oc4cccnc4c3cc2C)[n+](C)c1. The summed E-state index contributed by atoms with van der Waals surface area (Å²) < 4.78 is 8.12. The van der Waals surface area contributed by atoms with E-state index in [1.165, 1.54) is 22.4 Å². The van der Waals surface area contributed by atoms with Crippen molar-refractivity contribution in [3.05, 3.63) is 59.9 Å². The molecule has 1 aromatic carbocycles. The molecule has 3 nitrogen and oxygen atoms in total. The lowest BCUT2D eigenvalue weighted by Crippen LogP contribution is -2.31. The van der Waals surface area contributed by atoms with Crippen molar-refractivity contribution in [2.45, 2.75) is 13.8 Å². The third-order valence-electron chi connectivity index (χ3n) is 4.13. The smallest absolute Gasteiger partial charge is 0.212 e. The molecule has 0 aliphatic rings. The van der Waals surface area contributed by atoms with Crippen molar-refractivity contribution in [1.82, 2.24) is 4.98 Å². The first-order valence-electron chi connectivity index (χ1n) is 7.38. The van der Waals surface area contributed by atoms with Crippen molar-refractivity contribution >= 4 is 22.1 Å². The van der Waals surface area contributed by atoms with Crippen molar-refractivity contribution < 1.29 is 8.98 Å². The van der Waals surface area contributed by atoms with Gasteiger partial charge >= 0.3 is 0 Å². The van der Waals surface area contributed by atoms with Crippen molar-refractivity contribution in [2.24, 2.45) is 7.05 Å². The summed E-state index contributed by atoms with van der Waals surface area (Å²) in [5, 5.41) is 1.08. The quantitative estimate of drug-likeness (QED) is 0.494. The minimum absolute atomic E-state index is 0.835. The van der Waals surface area contributed by atoms with Crippen LogP contribution in [-0.2, 0) is 7.05 Å². The topological polar surface area (TPSA) is 29.9 Å². The van der Waals surface area contributed by atoms with Gasteiger partial charge < -0.3 is 4.42 Å². The molecule has 0 amide bonds. The normalized spacial score (nSPS) is 11.4. The summed E-state index contributed by atoms with van der Waals surface area (Å²) in [7, 11) is 2.08. The summed E-state index contributed by atoms with van der Waals surface area (Å²) in [6, 6.07) is 12.5. The van der Waals surface area contributed by atoms with E-state index in [1.54, 1.807) is 6.20 Å². The van der Waals surface area contributed by atoms with Gasteiger partial charge in [-0.05, 0) is 49.7 Å². The fourth-order valence-corrected chi connectivity index (χ4v) is 3.05. The lowest BCUT2D eigenvalue weighted by molar-refractivity contribution is -0.660. The first-order chi connectivity index (χ1) is 10.6. The van der Waals surface area contributed by atoms with E-state index in [0.29, 0.717) is 0 Å². The van der Waals surface area contributed by atoms with Crippen LogP contribution in [0.4, 0.5) is 0 Å². The van der Waals surface area contributed by atoms with Gasteiger partial charge in [0.2, 0.25) is 5.69 Å². The summed E-state index contributed by atoms with van der Waals surface area (Å²) in [6.07, 6.45) is 3.94. The van der Waals surface area contributed by atoms with E-state index in [9.17, 15) is 0 Å². The van der Waals surface area contributed by atoms with E-state index in [0.717, 1.165) is 22.1 Å². The van der Waals surface area contributed by atoms with Gasteiger partial charge in [0, 0.05) is 23.2 Å². The Labute approximate surface area is 128 Å². The molecule has 3 heteroatoms. The van der Waals surface area contributed by atoms with Crippen LogP contribution >= 0.6 is 0 Å². The van der Waals surface area contributed by atoms with Crippen LogP contribution in [0.1, 0.15) is 11.1 Å². The van der Waals surface area contributed by atoms with Crippen molar-refractivity contribution in [3.63, 3.8) is 0 Å². The van der Waals surface area contributed by atoms with E-state index in [1.807, 2.05) is 12.1 Å². The molecular formula is C19H17N2O+. The molecule has 0 unspecified atom stereocenters. The number of aryl methyl sites for hydroxylation is 3. The minimum Gasteiger partial charge on any atom is -0.454 e. The molecular weight excluding hydrogens is 272 g/mol. The second-order valence-electron chi connectivity index (χ2n) is 5.82. The van der Waals surface area contributed by atoms with E-state index in [4.69, 9.17) is 4.42 Å². The molecule has 108 valence electrons. The van der Waals surface area contributed by atoms with E-state index < -0.39 is 0 Å². The van der Waals surface area contributed by atoms with E-state index in [-0.39, 0.29) is 0 Å². The Hall–Kier alpha value is -2.68. The molecule has 22 heavy (non-hydrogen) atoms. The van der Waals surface area contributed by atoms with Crippen LogP contribution in [0.5, 0.6) is 0 Å².